The first-order chi connectivity index (χ1) is 16.9. The fraction of sp³-hybridized carbons (Fsp3) is 0.222. The Bertz CT molecular complexity index is 1280. The van der Waals surface area contributed by atoms with Gasteiger partial charge in [0.15, 0.2) is 0 Å². The number of carboxylic acids is 1. The third-order valence-corrected chi connectivity index (χ3v) is 6.89. The number of hydrogen-bond acceptors (Lipinski definition) is 4. The standard InChI is InChI=1S/C27H23ClN2O5/c28-24-12-16(9-10-21(24)26(32)33)30-25(31)22-11-15(22)13-29-27(34)35-14-23-19-7-3-1-5-17(19)18-6-2-4-8-20(18)23/h1-10,12,15,22-23H,11,13-14H2,(H,29,34)(H,30,31)(H,32,33)/t15-,22-/m1/s1. The minimum absolute atomic E-state index is 0.00746. The number of aromatic carboxylic acids is 1. The van der Waals surface area contributed by atoms with Gasteiger partial charge in [-0.2, -0.15) is 0 Å². The topological polar surface area (TPSA) is 105 Å². The Balaban J connectivity index is 1.10. The molecule has 2 aliphatic carbocycles. The molecule has 3 aromatic rings. The highest BCUT2D eigenvalue weighted by atomic mass is 35.5. The molecule has 0 aliphatic heterocycles. The number of anilines is 1. The van der Waals surface area contributed by atoms with Crippen LogP contribution in [0, 0.1) is 11.8 Å². The fourth-order valence-electron chi connectivity index (χ4n) is 4.66. The molecule has 2 aliphatic rings. The van der Waals surface area contributed by atoms with E-state index in [1.54, 1.807) is 0 Å². The number of halogens is 1. The molecule has 0 radical (unpaired) electrons. The molecule has 0 unspecified atom stereocenters. The number of benzene rings is 3. The molecule has 178 valence electrons. The van der Waals surface area contributed by atoms with E-state index in [9.17, 15) is 14.4 Å². The Kier molecular flexibility index (Phi) is 6.17. The summed E-state index contributed by atoms with van der Waals surface area (Å²) < 4.78 is 5.54. The molecule has 2 amide bonds. The van der Waals surface area contributed by atoms with E-state index in [0.29, 0.717) is 18.7 Å². The lowest BCUT2D eigenvalue weighted by molar-refractivity contribution is -0.117. The highest BCUT2D eigenvalue weighted by Crippen LogP contribution is 2.44. The molecule has 2 atom stereocenters. The van der Waals surface area contributed by atoms with Gasteiger partial charge in [0.05, 0.1) is 10.6 Å². The molecule has 3 aromatic carbocycles. The highest BCUT2D eigenvalue weighted by Gasteiger charge is 2.43. The summed E-state index contributed by atoms with van der Waals surface area (Å²) in [6, 6.07) is 20.6. The number of carbonyl (C=O) groups is 3. The van der Waals surface area contributed by atoms with Crippen molar-refractivity contribution in [1.82, 2.24) is 5.32 Å². The van der Waals surface area contributed by atoms with E-state index < -0.39 is 12.1 Å². The highest BCUT2D eigenvalue weighted by molar-refractivity contribution is 6.33. The maximum atomic E-state index is 12.5. The third-order valence-electron chi connectivity index (χ3n) is 6.58. The minimum atomic E-state index is -1.13. The molecular formula is C27H23ClN2O5. The van der Waals surface area contributed by atoms with Gasteiger partial charge < -0.3 is 20.5 Å². The second-order valence-corrected chi connectivity index (χ2v) is 9.20. The van der Waals surface area contributed by atoms with Crippen molar-refractivity contribution >= 4 is 35.3 Å². The van der Waals surface area contributed by atoms with Gasteiger partial charge in [-0.1, -0.05) is 60.1 Å². The monoisotopic (exact) mass is 490 g/mol. The Labute approximate surface area is 207 Å². The van der Waals surface area contributed by atoms with Crippen molar-refractivity contribution in [3.05, 3.63) is 88.4 Å². The molecule has 3 N–H and O–H groups in total. The number of fused-ring (bicyclic) bond motifs is 3. The summed E-state index contributed by atoms with van der Waals surface area (Å²) in [5.74, 6) is -1.55. The zero-order chi connectivity index (χ0) is 24.5. The molecule has 1 saturated carbocycles. The van der Waals surface area contributed by atoms with Crippen molar-refractivity contribution in [3.63, 3.8) is 0 Å². The molecule has 35 heavy (non-hydrogen) atoms. The number of nitrogens with one attached hydrogen (secondary N) is 2. The quantitative estimate of drug-likeness (QED) is 0.424. The minimum Gasteiger partial charge on any atom is -0.478 e. The van der Waals surface area contributed by atoms with Crippen molar-refractivity contribution in [3.8, 4) is 11.1 Å². The summed E-state index contributed by atoms with van der Waals surface area (Å²) in [5, 5.41) is 14.6. The number of carboxylic acid groups (broad SMARTS) is 1. The normalized spacial score (nSPS) is 17.7. The Morgan fingerprint density at radius 2 is 1.63 bits per heavy atom. The van der Waals surface area contributed by atoms with Crippen LogP contribution in [-0.4, -0.2) is 36.2 Å². The van der Waals surface area contributed by atoms with Crippen molar-refractivity contribution in [2.24, 2.45) is 11.8 Å². The van der Waals surface area contributed by atoms with Crippen LogP contribution in [0.25, 0.3) is 11.1 Å². The van der Waals surface area contributed by atoms with Gasteiger partial charge >= 0.3 is 12.1 Å². The molecule has 1 fully saturated rings. The molecular weight excluding hydrogens is 468 g/mol. The second-order valence-electron chi connectivity index (χ2n) is 8.80. The van der Waals surface area contributed by atoms with Crippen LogP contribution in [0.5, 0.6) is 0 Å². The average molecular weight is 491 g/mol. The predicted molar refractivity (Wildman–Crippen MR) is 132 cm³/mol. The van der Waals surface area contributed by atoms with E-state index in [2.05, 4.69) is 34.9 Å². The number of hydrogen-bond donors (Lipinski definition) is 3. The Morgan fingerprint density at radius 3 is 2.26 bits per heavy atom. The predicted octanol–water partition coefficient (Wildman–Crippen LogP) is 5.15. The molecule has 0 saturated heterocycles. The van der Waals surface area contributed by atoms with Crippen LogP contribution in [0.4, 0.5) is 10.5 Å². The summed E-state index contributed by atoms with van der Waals surface area (Å²) in [5.41, 5.74) is 5.04. The summed E-state index contributed by atoms with van der Waals surface area (Å²) in [7, 11) is 0. The fourth-order valence-corrected chi connectivity index (χ4v) is 4.92. The van der Waals surface area contributed by atoms with Crippen LogP contribution < -0.4 is 10.6 Å². The molecule has 0 aromatic heterocycles. The first-order valence-corrected chi connectivity index (χ1v) is 11.7. The van der Waals surface area contributed by atoms with Crippen LogP contribution in [0.2, 0.25) is 5.02 Å². The van der Waals surface area contributed by atoms with Gasteiger partial charge in [0.1, 0.15) is 6.61 Å². The van der Waals surface area contributed by atoms with Gasteiger partial charge in [0.25, 0.3) is 0 Å². The lowest BCUT2D eigenvalue weighted by atomic mass is 9.98. The van der Waals surface area contributed by atoms with Gasteiger partial charge in [0, 0.05) is 24.1 Å². The zero-order valence-electron chi connectivity index (χ0n) is 18.7. The first-order valence-electron chi connectivity index (χ1n) is 11.3. The number of amides is 2. The summed E-state index contributed by atoms with van der Waals surface area (Å²) in [6.07, 6.45) is 0.144. The summed E-state index contributed by atoms with van der Waals surface area (Å²) in [4.78, 5) is 35.9. The number of carbonyl (C=O) groups excluding carboxylic acids is 2. The van der Waals surface area contributed by atoms with Crippen molar-refractivity contribution < 1.29 is 24.2 Å². The number of rotatable bonds is 7. The van der Waals surface area contributed by atoms with Crippen LogP contribution >= 0.6 is 11.6 Å². The summed E-state index contributed by atoms with van der Waals surface area (Å²) >= 11 is 5.96. The SMILES string of the molecule is O=C(NC[C@H]1C[C@H]1C(=O)Nc1ccc(C(=O)O)c(Cl)c1)OCC1c2ccccc2-c2ccccc21. The first kappa shape index (κ1) is 22.9. The van der Waals surface area contributed by atoms with Crippen LogP contribution in [0.15, 0.2) is 66.7 Å². The van der Waals surface area contributed by atoms with E-state index >= 15 is 0 Å². The Hall–Kier alpha value is -3.84. The smallest absolute Gasteiger partial charge is 0.407 e. The molecule has 5 rings (SSSR count). The van der Waals surface area contributed by atoms with Crippen molar-refractivity contribution in [2.75, 3.05) is 18.5 Å². The van der Waals surface area contributed by atoms with Crippen LogP contribution in [-0.2, 0) is 9.53 Å². The van der Waals surface area contributed by atoms with E-state index in [4.69, 9.17) is 21.4 Å². The lowest BCUT2D eigenvalue weighted by Gasteiger charge is -2.14. The van der Waals surface area contributed by atoms with Crippen molar-refractivity contribution in [2.45, 2.75) is 12.3 Å². The molecule has 0 spiro atoms. The van der Waals surface area contributed by atoms with Crippen molar-refractivity contribution in [1.29, 1.82) is 0 Å². The zero-order valence-corrected chi connectivity index (χ0v) is 19.4. The maximum absolute atomic E-state index is 12.5. The lowest BCUT2D eigenvalue weighted by Crippen LogP contribution is -2.29. The van der Waals surface area contributed by atoms with Crippen LogP contribution in [0.1, 0.15) is 33.8 Å². The third kappa shape index (κ3) is 4.72. The van der Waals surface area contributed by atoms with E-state index in [0.717, 1.165) is 11.1 Å². The van der Waals surface area contributed by atoms with Gasteiger partial charge in [-0.3, -0.25) is 4.79 Å². The second kappa shape index (κ2) is 9.43. The van der Waals surface area contributed by atoms with Gasteiger partial charge in [-0.05, 0) is 52.8 Å². The van der Waals surface area contributed by atoms with Gasteiger partial charge in [-0.25, -0.2) is 9.59 Å². The largest absolute Gasteiger partial charge is 0.478 e. The van der Waals surface area contributed by atoms with E-state index in [1.807, 2.05) is 24.3 Å². The van der Waals surface area contributed by atoms with E-state index in [-0.39, 0.29) is 40.9 Å². The molecule has 0 bridgehead atoms. The van der Waals surface area contributed by atoms with Gasteiger partial charge in [-0.15, -0.1) is 0 Å². The molecule has 7 nitrogen and oxygen atoms in total. The molecule has 0 heterocycles. The average Bonchev–Trinajstić information content (AvgIpc) is 3.56. The number of ether oxygens (including phenoxy) is 1. The summed E-state index contributed by atoms with van der Waals surface area (Å²) in [6.45, 7) is 0.578. The molecule has 8 heteroatoms. The van der Waals surface area contributed by atoms with Gasteiger partial charge in [0.2, 0.25) is 5.91 Å². The Morgan fingerprint density at radius 1 is 0.971 bits per heavy atom. The number of alkyl carbamates (subject to hydrolysis) is 1. The van der Waals surface area contributed by atoms with Crippen LogP contribution in [0.3, 0.4) is 0 Å². The maximum Gasteiger partial charge on any atom is 0.407 e. The van der Waals surface area contributed by atoms with E-state index in [1.165, 1.54) is 29.3 Å².